The summed E-state index contributed by atoms with van der Waals surface area (Å²) >= 11 is 3.82. The fourth-order valence-corrected chi connectivity index (χ4v) is 6.83. The molecule has 9 heteroatoms. The summed E-state index contributed by atoms with van der Waals surface area (Å²) in [6, 6.07) is 18.5. The van der Waals surface area contributed by atoms with Crippen LogP contribution in [0.15, 0.2) is 64.4 Å². The summed E-state index contributed by atoms with van der Waals surface area (Å²) in [5.41, 5.74) is 3.38. The Morgan fingerprint density at radius 2 is 1.45 bits per heavy atom. The number of nitrogens with zero attached hydrogens (tertiary/aromatic N) is 4. The molecular formula is C33H44N4O3S2. The molecule has 0 aliphatic rings. The number of hydrogen-bond acceptors (Lipinski definition) is 8. The van der Waals surface area contributed by atoms with Gasteiger partial charge in [-0.15, -0.1) is 23.5 Å². The van der Waals surface area contributed by atoms with Gasteiger partial charge in [-0.1, -0.05) is 13.3 Å². The Kier molecular flexibility index (Phi) is 11.9. The molecule has 4 rings (SSSR count). The highest BCUT2D eigenvalue weighted by atomic mass is 32.2. The van der Waals surface area contributed by atoms with Crippen molar-refractivity contribution in [1.29, 1.82) is 0 Å². The van der Waals surface area contributed by atoms with Crippen LogP contribution in [0.3, 0.4) is 0 Å². The molecule has 42 heavy (non-hydrogen) atoms. The molecule has 0 bridgehead atoms. The van der Waals surface area contributed by atoms with Crippen LogP contribution in [0.2, 0.25) is 0 Å². The first-order valence-electron chi connectivity index (χ1n) is 14.4. The van der Waals surface area contributed by atoms with Crippen LogP contribution in [0.1, 0.15) is 19.8 Å². The van der Waals surface area contributed by atoms with Crippen molar-refractivity contribution in [3.8, 4) is 34.4 Å². The lowest BCUT2D eigenvalue weighted by molar-refractivity contribution is 0.352. The molecule has 0 unspecified atom stereocenters. The van der Waals surface area contributed by atoms with Gasteiger partial charge in [0, 0.05) is 52.6 Å². The number of thioether (sulfide) groups is 2. The maximum Gasteiger partial charge on any atom is 0.164 e. The third kappa shape index (κ3) is 8.37. The van der Waals surface area contributed by atoms with Crippen molar-refractivity contribution in [2.75, 3.05) is 67.0 Å². The highest BCUT2D eigenvalue weighted by Crippen LogP contribution is 2.37. The summed E-state index contributed by atoms with van der Waals surface area (Å²) in [5, 5.41) is 0. The van der Waals surface area contributed by atoms with E-state index < -0.39 is 0 Å². The highest BCUT2D eigenvalue weighted by Gasteiger charge is 2.18. The lowest BCUT2D eigenvalue weighted by Crippen LogP contribution is -2.15. The van der Waals surface area contributed by atoms with Gasteiger partial charge >= 0.3 is 0 Å². The first-order chi connectivity index (χ1) is 20.3. The maximum absolute atomic E-state index is 6.14. The summed E-state index contributed by atoms with van der Waals surface area (Å²) in [5.74, 6) is 5.82. The lowest BCUT2D eigenvalue weighted by atomic mass is 10.2. The second-order valence-corrected chi connectivity index (χ2v) is 13.0. The second-order valence-electron chi connectivity index (χ2n) is 10.7. The molecular weight excluding hydrogens is 565 g/mol. The molecule has 4 aromatic rings. The van der Waals surface area contributed by atoms with Gasteiger partial charge in [0.1, 0.15) is 22.8 Å². The Balaban J connectivity index is 1.68. The Morgan fingerprint density at radius 3 is 2.10 bits per heavy atom. The van der Waals surface area contributed by atoms with E-state index in [1.807, 2.05) is 53.9 Å². The molecule has 7 nitrogen and oxygen atoms in total. The number of unbranched alkanes of at least 4 members (excludes halogenated alkanes) is 1. The monoisotopic (exact) mass is 608 g/mol. The van der Waals surface area contributed by atoms with Crippen molar-refractivity contribution < 1.29 is 14.2 Å². The van der Waals surface area contributed by atoms with Gasteiger partial charge in [0.25, 0.3) is 0 Å². The fraction of sp³-hybridized carbons (Fsp3) is 0.424. The van der Waals surface area contributed by atoms with E-state index in [0.717, 1.165) is 66.6 Å². The SMILES string of the molecule is CCCCn1c(-c2ccc(Oc3ccc(OC)c(OC)c3)cc2)nc2c(SCCN(C)C)cc(SCCN(C)C)cc21. The summed E-state index contributed by atoms with van der Waals surface area (Å²) < 4.78 is 19.3. The Morgan fingerprint density at radius 1 is 0.786 bits per heavy atom. The van der Waals surface area contributed by atoms with Crippen LogP contribution in [-0.2, 0) is 6.54 Å². The number of hydrogen-bond donors (Lipinski definition) is 0. The van der Waals surface area contributed by atoms with Crippen LogP contribution in [0, 0.1) is 0 Å². The Hall–Kier alpha value is -2.85. The van der Waals surface area contributed by atoms with Crippen LogP contribution >= 0.6 is 23.5 Å². The zero-order valence-corrected chi connectivity index (χ0v) is 27.6. The summed E-state index contributed by atoms with van der Waals surface area (Å²) in [6.07, 6.45) is 2.22. The second kappa shape index (κ2) is 15.6. The van der Waals surface area contributed by atoms with Gasteiger partial charge < -0.3 is 28.6 Å². The fourth-order valence-electron chi connectivity index (χ4n) is 4.50. The predicted octanol–water partition coefficient (Wildman–Crippen LogP) is 7.62. The molecule has 0 aliphatic carbocycles. The maximum atomic E-state index is 6.14. The molecule has 226 valence electrons. The molecule has 1 aromatic heterocycles. The number of fused-ring (bicyclic) bond motifs is 1. The molecule has 0 amide bonds. The van der Waals surface area contributed by atoms with Crippen LogP contribution in [0.4, 0.5) is 0 Å². The minimum atomic E-state index is 0.634. The van der Waals surface area contributed by atoms with Gasteiger partial charge in [-0.2, -0.15) is 0 Å². The largest absolute Gasteiger partial charge is 0.493 e. The molecule has 0 atom stereocenters. The van der Waals surface area contributed by atoms with Crippen molar-refractivity contribution in [1.82, 2.24) is 19.4 Å². The molecule has 0 spiro atoms. The normalized spacial score (nSPS) is 11.5. The van der Waals surface area contributed by atoms with Gasteiger partial charge in [0.05, 0.1) is 19.7 Å². The number of aromatic nitrogens is 2. The quantitative estimate of drug-likeness (QED) is 0.120. The van der Waals surface area contributed by atoms with Crippen LogP contribution in [0.5, 0.6) is 23.0 Å². The number of aryl methyl sites for hydroxylation is 1. The molecule has 0 saturated carbocycles. The van der Waals surface area contributed by atoms with Crippen molar-refractivity contribution in [3.63, 3.8) is 0 Å². The zero-order valence-electron chi connectivity index (χ0n) is 26.0. The zero-order chi connectivity index (χ0) is 30.1. The van der Waals surface area contributed by atoms with Gasteiger partial charge in [0.15, 0.2) is 11.5 Å². The van der Waals surface area contributed by atoms with E-state index >= 15 is 0 Å². The van der Waals surface area contributed by atoms with Crippen molar-refractivity contribution in [2.45, 2.75) is 36.1 Å². The van der Waals surface area contributed by atoms with E-state index in [2.05, 4.69) is 73.7 Å². The molecule has 0 radical (unpaired) electrons. The van der Waals surface area contributed by atoms with E-state index in [9.17, 15) is 0 Å². The summed E-state index contributed by atoms with van der Waals surface area (Å²) in [4.78, 5) is 12.3. The van der Waals surface area contributed by atoms with Gasteiger partial charge in [0.2, 0.25) is 0 Å². The van der Waals surface area contributed by atoms with Gasteiger partial charge in [-0.05, 0) is 83.1 Å². The lowest BCUT2D eigenvalue weighted by Gasteiger charge is -2.13. The third-order valence-electron chi connectivity index (χ3n) is 6.83. The number of benzene rings is 3. The number of methoxy groups -OCH3 is 2. The third-order valence-corrected chi connectivity index (χ3v) is 8.80. The molecule has 3 aromatic carbocycles. The van der Waals surface area contributed by atoms with Crippen molar-refractivity contribution in [3.05, 3.63) is 54.6 Å². The first-order valence-corrected chi connectivity index (χ1v) is 16.4. The van der Waals surface area contributed by atoms with E-state index in [1.54, 1.807) is 14.2 Å². The Bertz CT molecular complexity index is 1440. The first kappa shape index (κ1) is 32.1. The number of imidazole rings is 1. The predicted molar refractivity (Wildman–Crippen MR) is 178 cm³/mol. The minimum Gasteiger partial charge on any atom is -0.493 e. The molecule has 0 aliphatic heterocycles. The molecule has 0 fully saturated rings. The van der Waals surface area contributed by atoms with Crippen LogP contribution in [0.25, 0.3) is 22.4 Å². The van der Waals surface area contributed by atoms with E-state index in [0.29, 0.717) is 17.2 Å². The smallest absolute Gasteiger partial charge is 0.164 e. The van der Waals surface area contributed by atoms with Crippen molar-refractivity contribution >= 4 is 34.6 Å². The average Bonchev–Trinajstić information content (AvgIpc) is 3.34. The van der Waals surface area contributed by atoms with Crippen molar-refractivity contribution in [2.24, 2.45) is 0 Å². The standard InChI is InChI=1S/C33H44N4O3S2/c1-8-9-16-37-28-22-27(41-19-17-35(2)3)23-31(42-20-18-36(4)5)32(28)34-33(37)24-10-12-25(13-11-24)40-26-14-15-29(38-6)30(21-26)39-7/h10-15,21-23H,8-9,16-20H2,1-7H3. The topological polar surface area (TPSA) is 52.0 Å². The minimum absolute atomic E-state index is 0.634. The van der Waals surface area contributed by atoms with E-state index in [-0.39, 0.29) is 0 Å². The van der Waals surface area contributed by atoms with Crippen LogP contribution in [-0.4, -0.2) is 86.4 Å². The van der Waals surface area contributed by atoms with Crippen LogP contribution < -0.4 is 14.2 Å². The van der Waals surface area contributed by atoms with E-state index in [1.165, 1.54) is 15.3 Å². The summed E-state index contributed by atoms with van der Waals surface area (Å²) in [7, 11) is 11.8. The average molecular weight is 609 g/mol. The highest BCUT2D eigenvalue weighted by molar-refractivity contribution is 8.00. The molecule has 0 saturated heterocycles. The Labute approximate surface area is 259 Å². The molecule has 1 heterocycles. The summed E-state index contributed by atoms with van der Waals surface area (Å²) in [6.45, 7) is 5.24. The number of rotatable bonds is 16. The number of ether oxygens (including phenoxy) is 3. The molecule has 0 N–H and O–H groups in total. The van der Waals surface area contributed by atoms with Gasteiger partial charge in [-0.25, -0.2) is 4.98 Å². The van der Waals surface area contributed by atoms with E-state index in [4.69, 9.17) is 19.2 Å². The van der Waals surface area contributed by atoms with Gasteiger partial charge in [-0.3, -0.25) is 0 Å².